The molecule has 10 heavy (non-hydrogen) atoms. The van der Waals surface area contributed by atoms with Gasteiger partial charge in [-0.1, -0.05) is 0 Å². The number of hydrogen-bond donors (Lipinski definition) is 2. The van der Waals surface area contributed by atoms with Gasteiger partial charge in [-0.15, -0.1) is 0 Å². The molecular formula is C5H5N3OS. The zero-order chi connectivity index (χ0) is 7.40. The van der Waals surface area contributed by atoms with Gasteiger partial charge in [0.15, 0.2) is 0 Å². The van der Waals surface area contributed by atoms with Crippen LogP contribution in [0.15, 0.2) is 16.0 Å². The van der Waals surface area contributed by atoms with Crippen LogP contribution in [-0.2, 0) is 6.54 Å². The van der Waals surface area contributed by atoms with Gasteiger partial charge in [-0.25, -0.2) is 9.79 Å². The van der Waals surface area contributed by atoms with Gasteiger partial charge in [0.05, 0.1) is 17.4 Å². The molecule has 1 aromatic rings. The Bertz CT molecular complexity index is 307. The van der Waals surface area contributed by atoms with Crippen molar-refractivity contribution >= 4 is 17.4 Å². The van der Waals surface area contributed by atoms with Gasteiger partial charge in [-0.3, -0.25) is 0 Å². The van der Waals surface area contributed by atoms with Crippen molar-refractivity contribution in [2.24, 2.45) is 4.99 Å². The zero-order valence-corrected chi connectivity index (χ0v) is 5.86. The topological polar surface area (TPSA) is 61.0 Å². The summed E-state index contributed by atoms with van der Waals surface area (Å²) < 4.78 is 0. The van der Waals surface area contributed by atoms with Crippen LogP contribution in [0.25, 0.3) is 0 Å². The summed E-state index contributed by atoms with van der Waals surface area (Å²) in [6.07, 6.45) is 1.55. The molecule has 52 valence electrons. The Morgan fingerprint density at radius 2 is 2.60 bits per heavy atom. The van der Waals surface area contributed by atoms with Crippen molar-refractivity contribution < 1.29 is 0 Å². The standard InChI is InChI=1S/C5H5N3OS/c9-5-7-2-4(8-5)1-6-3-10/h2H,1H2,(H2,7,8,9). The van der Waals surface area contributed by atoms with Crippen molar-refractivity contribution in [3.8, 4) is 0 Å². The minimum Gasteiger partial charge on any atom is -0.313 e. The molecule has 2 N–H and O–H groups in total. The molecule has 0 aromatic carbocycles. The van der Waals surface area contributed by atoms with Gasteiger partial charge < -0.3 is 9.97 Å². The average Bonchev–Trinajstić information content (AvgIpc) is 2.31. The average molecular weight is 155 g/mol. The van der Waals surface area contributed by atoms with E-state index in [2.05, 4.69) is 32.3 Å². The lowest BCUT2D eigenvalue weighted by atomic mass is 10.5. The third-order valence-corrected chi connectivity index (χ3v) is 1.09. The second-order valence-corrected chi connectivity index (χ2v) is 1.86. The molecule has 4 nitrogen and oxygen atoms in total. The van der Waals surface area contributed by atoms with Crippen LogP contribution in [0.2, 0.25) is 0 Å². The quantitative estimate of drug-likeness (QED) is 0.477. The summed E-state index contributed by atoms with van der Waals surface area (Å²) in [6.45, 7) is 0.377. The largest absolute Gasteiger partial charge is 0.323 e. The highest BCUT2D eigenvalue weighted by atomic mass is 32.1. The molecule has 0 unspecified atom stereocenters. The van der Waals surface area contributed by atoms with Crippen LogP contribution < -0.4 is 5.69 Å². The number of hydrogen-bond acceptors (Lipinski definition) is 3. The lowest BCUT2D eigenvalue weighted by Crippen LogP contribution is -2.00. The highest BCUT2D eigenvalue weighted by Gasteiger charge is 1.90. The highest BCUT2D eigenvalue weighted by Crippen LogP contribution is 1.88. The number of aromatic amines is 2. The van der Waals surface area contributed by atoms with E-state index < -0.39 is 0 Å². The SMILES string of the molecule is O=c1[nH]cc(CN=C=S)[nH]1. The maximum absolute atomic E-state index is 10.5. The fourth-order valence-electron chi connectivity index (χ4n) is 0.573. The molecule has 0 amide bonds. The second kappa shape index (κ2) is 3.10. The molecule has 0 aliphatic rings. The highest BCUT2D eigenvalue weighted by molar-refractivity contribution is 7.78. The van der Waals surface area contributed by atoms with Crippen LogP contribution in [0.3, 0.4) is 0 Å². The second-order valence-electron chi connectivity index (χ2n) is 1.68. The molecule has 1 aromatic heterocycles. The van der Waals surface area contributed by atoms with Crippen LogP contribution in [0, 0.1) is 0 Å². The Labute approximate surface area is 62.0 Å². The van der Waals surface area contributed by atoms with E-state index in [4.69, 9.17) is 0 Å². The summed E-state index contributed by atoms with van der Waals surface area (Å²) in [5, 5.41) is 2.20. The molecule has 1 heterocycles. The Kier molecular flexibility index (Phi) is 2.15. The predicted octanol–water partition coefficient (Wildman–Crippen LogP) is 0.306. The van der Waals surface area contributed by atoms with Crippen molar-refractivity contribution in [2.45, 2.75) is 6.54 Å². The molecule has 5 heteroatoms. The van der Waals surface area contributed by atoms with E-state index in [-0.39, 0.29) is 5.69 Å². The molecule has 0 saturated heterocycles. The summed E-state index contributed by atoms with van der Waals surface area (Å²) in [5.74, 6) is 0. The number of aromatic nitrogens is 2. The first-order valence-electron chi connectivity index (χ1n) is 2.63. The van der Waals surface area contributed by atoms with Gasteiger partial charge in [-0.05, 0) is 12.2 Å². The maximum Gasteiger partial charge on any atom is 0.323 e. The number of nitrogens with zero attached hydrogens (tertiary/aromatic N) is 1. The number of imidazole rings is 1. The Morgan fingerprint density at radius 1 is 1.80 bits per heavy atom. The molecular weight excluding hydrogens is 150 g/mol. The molecule has 0 aliphatic heterocycles. The van der Waals surface area contributed by atoms with E-state index >= 15 is 0 Å². The fraction of sp³-hybridized carbons (Fsp3) is 0.200. The molecule has 0 atom stereocenters. The monoisotopic (exact) mass is 155 g/mol. The summed E-state index contributed by atoms with van der Waals surface area (Å²) in [7, 11) is 0. The normalized spacial score (nSPS) is 8.80. The first-order chi connectivity index (χ1) is 4.83. The van der Waals surface area contributed by atoms with Gasteiger partial charge in [-0.2, -0.15) is 0 Å². The Morgan fingerprint density at radius 3 is 3.10 bits per heavy atom. The first-order valence-corrected chi connectivity index (χ1v) is 3.04. The molecule has 0 aliphatic carbocycles. The van der Waals surface area contributed by atoms with Gasteiger partial charge in [0.2, 0.25) is 0 Å². The van der Waals surface area contributed by atoms with Crippen molar-refractivity contribution in [1.29, 1.82) is 0 Å². The smallest absolute Gasteiger partial charge is 0.313 e. The maximum atomic E-state index is 10.5. The molecule has 0 bridgehead atoms. The first kappa shape index (κ1) is 6.92. The lowest BCUT2D eigenvalue weighted by molar-refractivity contribution is 1.01. The van der Waals surface area contributed by atoms with Crippen molar-refractivity contribution in [2.75, 3.05) is 0 Å². The Hall–Kier alpha value is -1.19. The number of isothiocyanates is 1. The summed E-state index contributed by atoms with van der Waals surface area (Å²) >= 11 is 4.34. The van der Waals surface area contributed by atoms with E-state index in [0.29, 0.717) is 12.2 Å². The van der Waals surface area contributed by atoms with Crippen LogP contribution in [0.1, 0.15) is 5.69 Å². The molecule has 0 fully saturated rings. The van der Waals surface area contributed by atoms with Gasteiger partial charge in [0.25, 0.3) is 0 Å². The van der Waals surface area contributed by atoms with E-state index in [0.717, 1.165) is 0 Å². The lowest BCUT2D eigenvalue weighted by Gasteiger charge is -1.81. The third-order valence-electron chi connectivity index (χ3n) is 0.966. The van der Waals surface area contributed by atoms with Crippen molar-refractivity contribution in [1.82, 2.24) is 9.97 Å². The molecule has 0 saturated carbocycles. The van der Waals surface area contributed by atoms with Crippen LogP contribution in [0.5, 0.6) is 0 Å². The van der Waals surface area contributed by atoms with Crippen LogP contribution in [0.4, 0.5) is 0 Å². The minimum atomic E-state index is -0.227. The van der Waals surface area contributed by atoms with E-state index in [1.54, 1.807) is 6.20 Å². The summed E-state index contributed by atoms with van der Waals surface area (Å²) in [6, 6.07) is 0. The van der Waals surface area contributed by atoms with Crippen molar-refractivity contribution in [3.05, 3.63) is 22.4 Å². The number of thiocarbonyl (C=S) groups is 1. The number of aliphatic imine (C=N–C) groups is 1. The van der Waals surface area contributed by atoms with E-state index in [1.165, 1.54) is 0 Å². The molecule has 1 rings (SSSR count). The van der Waals surface area contributed by atoms with Gasteiger partial charge >= 0.3 is 5.69 Å². The summed E-state index contributed by atoms with van der Waals surface area (Å²) in [5.41, 5.74) is 0.483. The van der Waals surface area contributed by atoms with Crippen LogP contribution in [-0.4, -0.2) is 15.1 Å². The van der Waals surface area contributed by atoms with Crippen molar-refractivity contribution in [3.63, 3.8) is 0 Å². The van der Waals surface area contributed by atoms with E-state index in [9.17, 15) is 4.79 Å². The predicted molar refractivity (Wildman–Crippen MR) is 40.1 cm³/mol. The number of H-pyrrole nitrogens is 2. The van der Waals surface area contributed by atoms with Gasteiger partial charge in [0, 0.05) is 6.20 Å². The molecule has 0 spiro atoms. The minimum absolute atomic E-state index is 0.227. The van der Waals surface area contributed by atoms with E-state index in [1.807, 2.05) is 0 Å². The summed E-state index contributed by atoms with van der Waals surface area (Å²) in [4.78, 5) is 19.0. The zero-order valence-electron chi connectivity index (χ0n) is 5.05. The van der Waals surface area contributed by atoms with Gasteiger partial charge in [0.1, 0.15) is 0 Å². The number of nitrogens with one attached hydrogen (secondary N) is 2. The van der Waals surface area contributed by atoms with Crippen LogP contribution >= 0.6 is 12.2 Å². The third kappa shape index (κ3) is 1.65. The Balaban J connectivity index is 2.76. The number of rotatable bonds is 2. The fourth-order valence-corrected chi connectivity index (χ4v) is 0.638. The molecule has 0 radical (unpaired) electrons.